The minimum absolute atomic E-state index is 0.0465. The minimum Gasteiger partial charge on any atom is -0.504 e. The second-order valence-corrected chi connectivity index (χ2v) is 12.2. The van der Waals surface area contributed by atoms with Gasteiger partial charge >= 0.3 is 17.9 Å². The van der Waals surface area contributed by atoms with Crippen LogP contribution in [0.25, 0.3) is 0 Å². The molecular formula is C37H44O14. The van der Waals surface area contributed by atoms with E-state index in [0.29, 0.717) is 24.7 Å². The number of esters is 3. The molecule has 6 atom stereocenters. The molecule has 51 heavy (non-hydrogen) atoms. The highest BCUT2D eigenvalue weighted by molar-refractivity contribution is 5.90. The number of benzene rings is 2. The van der Waals surface area contributed by atoms with Gasteiger partial charge in [0.15, 0.2) is 23.0 Å². The van der Waals surface area contributed by atoms with Crippen LogP contribution in [0.2, 0.25) is 0 Å². The highest BCUT2D eigenvalue weighted by atomic mass is 16.5. The number of phenolic OH excluding ortho intramolecular Hbond substituents is 4. The van der Waals surface area contributed by atoms with Gasteiger partial charge in [-0.1, -0.05) is 12.1 Å². The number of ether oxygens (including phenoxy) is 5. The van der Waals surface area contributed by atoms with Crippen LogP contribution in [0, 0.1) is 23.7 Å². The second kappa shape index (κ2) is 19.0. The summed E-state index contributed by atoms with van der Waals surface area (Å²) < 4.78 is 25.8. The maximum atomic E-state index is 12.2. The van der Waals surface area contributed by atoms with Crippen LogP contribution >= 0.6 is 0 Å². The van der Waals surface area contributed by atoms with E-state index < -0.39 is 29.9 Å². The van der Waals surface area contributed by atoms with Gasteiger partial charge in [-0.05, 0) is 61.7 Å². The first-order valence-corrected chi connectivity index (χ1v) is 16.3. The van der Waals surface area contributed by atoms with E-state index in [2.05, 4.69) is 0 Å². The summed E-state index contributed by atoms with van der Waals surface area (Å²) in [6.07, 6.45) is 4.30. The van der Waals surface area contributed by atoms with E-state index in [9.17, 15) is 44.4 Å². The molecule has 4 N–H and O–H groups in total. The van der Waals surface area contributed by atoms with Gasteiger partial charge in [0.2, 0.25) is 0 Å². The minimum atomic E-state index is -0.691. The SMILES string of the molecule is CC1=CO[C@H](C)[C@@H](C=O)C1CC(=O)OCCc1ccc(O)c(O)c1.COC(=O)C1=CO[C@@H](C)[C@@H](C=O)C1CC(=O)OCCc1ccc(O)c(O)c1. The molecule has 0 bridgehead atoms. The highest BCUT2D eigenvalue weighted by Crippen LogP contribution is 2.34. The van der Waals surface area contributed by atoms with Gasteiger partial charge in [0.05, 0.1) is 63.1 Å². The topological polar surface area (TPSA) is 212 Å². The molecule has 2 aromatic carbocycles. The standard InChI is InChI=1S/C19H22O8.C18H22O6/c1-11-14(9-20)13(15(10-27-11)19(24)25-2)8-18(23)26-6-5-12-3-4-16(21)17(22)7-12;1-11-10-24-12(2)15(9-19)14(11)8-18(22)23-6-5-13-3-4-16(20)17(21)7-13/h3-4,7,9-11,13-14,21-22H,5-6,8H2,1-2H3;3-4,7,9-10,12,14-15,20-21H,5-6,8H2,1-2H3/t11-,13?,14+;12-,14?,15-/m01/s1. The van der Waals surface area contributed by atoms with E-state index in [1.54, 1.807) is 32.2 Å². The lowest BCUT2D eigenvalue weighted by molar-refractivity contribution is -0.147. The zero-order valence-electron chi connectivity index (χ0n) is 28.9. The Morgan fingerprint density at radius 3 is 1.61 bits per heavy atom. The Kier molecular flexibility index (Phi) is 14.9. The third kappa shape index (κ3) is 11.2. The van der Waals surface area contributed by atoms with Gasteiger partial charge in [-0.3, -0.25) is 9.59 Å². The van der Waals surface area contributed by atoms with Crippen molar-refractivity contribution < 1.29 is 68.1 Å². The number of allylic oxidation sites excluding steroid dienone is 1. The molecule has 2 aliphatic rings. The van der Waals surface area contributed by atoms with Crippen LogP contribution in [0.5, 0.6) is 23.0 Å². The van der Waals surface area contributed by atoms with Crippen LogP contribution in [0.3, 0.4) is 0 Å². The lowest BCUT2D eigenvalue weighted by Gasteiger charge is -2.32. The van der Waals surface area contributed by atoms with E-state index >= 15 is 0 Å². The third-order valence-electron chi connectivity index (χ3n) is 8.77. The fourth-order valence-corrected chi connectivity index (χ4v) is 5.68. The molecular weight excluding hydrogens is 668 g/mol. The van der Waals surface area contributed by atoms with Crippen molar-refractivity contribution in [2.24, 2.45) is 23.7 Å². The summed E-state index contributed by atoms with van der Waals surface area (Å²) in [7, 11) is 1.21. The van der Waals surface area contributed by atoms with Crippen LogP contribution in [0.15, 0.2) is 60.1 Å². The summed E-state index contributed by atoms with van der Waals surface area (Å²) in [4.78, 5) is 58.8. The van der Waals surface area contributed by atoms with E-state index in [-0.39, 0.29) is 78.5 Å². The molecule has 0 fully saturated rings. The average molecular weight is 713 g/mol. The summed E-state index contributed by atoms with van der Waals surface area (Å²) in [6, 6.07) is 8.79. The largest absolute Gasteiger partial charge is 0.504 e. The van der Waals surface area contributed by atoms with E-state index in [1.165, 1.54) is 37.6 Å². The highest BCUT2D eigenvalue weighted by Gasteiger charge is 2.39. The van der Waals surface area contributed by atoms with Crippen LogP contribution in [0.1, 0.15) is 44.7 Å². The van der Waals surface area contributed by atoms with E-state index in [0.717, 1.165) is 17.4 Å². The predicted molar refractivity (Wildman–Crippen MR) is 179 cm³/mol. The first kappa shape index (κ1) is 39.9. The number of methoxy groups -OCH3 is 1. The van der Waals surface area contributed by atoms with Gasteiger partial charge < -0.3 is 53.7 Å². The van der Waals surface area contributed by atoms with Gasteiger partial charge in [-0.2, -0.15) is 0 Å². The number of aromatic hydroxyl groups is 4. The molecule has 0 amide bonds. The molecule has 2 heterocycles. The number of carbonyl (C=O) groups is 5. The molecule has 0 aromatic heterocycles. The molecule has 0 radical (unpaired) electrons. The van der Waals surface area contributed by atoms with Gasteiger partial charge in [0, 0.05) is 24.7 Å². The van der Waals surface area contributed by atoms with Crippen LogP contribution in [-0.4, -0.2) is 83.4 Å². The Balaban J connectivity index is 0.000000277. The van der Waals surface area contributed by atoms with Crippen molar-refractivity contribution in [3.05, 3.63) is 71.2 Å². The molecule has 2 aromatic rings. The fourth-order valence-electron chi connectivity index (χ4n) is 5.68. The van der Waals surface area contributed by atoms with Gasteiger partial charge in [-0.15, -0.1) is 0 Å². The lowest BCUT2D eigenvalue weighted by atomic mass is 9.80. The Hall–Kier alpha value is -5.53. The Morgan fingerprint density at radius 2 is 1.16 bits per heavy atom. The summed E-state index contributed by atoms with van der Waals surface area (Å²) in [5, 5.41) is 37.4. The summed E-state index contributed by atoms with van der Waals surface area (Å²) >= 11 is 0. The van der Waals surface area contributed by atoms with Gasteiger partial charge in [0.25, 0.3) is 0 Å². The zero-order valence-corrected chi connectivity index (χ0v) is 28.9. The monoisotopic (exact) mass is 712 g/mol. The molecule has 0 saturated carbocycles. The van der Waals surface area contributed by atoms with Crippen molar-refractivity contribution in [3.63, 3.8) is 0 Å². The van der Waals surface area contributed by atoms with E-state index in [4.69, 9.17) is 23.7 Å². The van der Waals surface area contributed by atoms with Crippen LogP contribution in [-0.2, 0) is 60.5 Å². The molecule has 2 unspecified atom stereocenters. The quantitative estimate of drug-likeness (QED) is 0.101. The average Bonchev–Trinajstić information content (AvgIpc) is 3.10. The Morgan fingerprint density at radius 1 is 0.706 bits per heavy atom. The maximum absolute atomic E-state index is 12.2. The second-order valence-electron chi connectivity index (χ2n) is 12.2. The van der Waals surface area contributed by atoms with Crippen molar-refractivity contribution in [1.29, 1.82) is 0 Å². The smallest absolute Gasteiger partial charge is 0.337 e. The van der Waals surface area contributed by atoms with Crippen molar-refractivity contribution in [2.75, 3.05) is 20.3 Å². The molecule has 0 spiro atoms. The van der Waals surface area contributed by atoms with Gasteiger partial charge in [-0.25, -0.2) is 4.79 Å². The number of carbonyl (C=O) groups excluding carboxylic acids is 5. The molecule has 0 aliphatic carbocycles. The van der Waals surface area contributed by atoms with Crippen molar-refractivity contribution in [3.8, 4) is 23.0 Å². The first-order chi connectivity index (χ1) is 24.3. The Labute approximate surface area is 295 Å². The molecule has 276 valence electrons. The number of rotatable bonds is 13. The fraction of sp³-hybridized carbons (Fsp3) is 0.432. The normalized spacial score (nSPS) is 22.3. The lowest BCUT2D eigenvalue weighted by Crippen LogP contribution is -2.37. The summed E-state index contributed by atoms with van der Waals surface area (Å²) in [6.45, 7) is 5.53. The number of hydrogen-bond donors (Lipinski definition) is 4. The van der Waals surface area contributed by atoms with Crippen molar-refractivity contribution in [2.45, 2.75) is 58.7 Å². The summed E-state index contributed by atoms with van der Waals surface area (Å²) in [5.41, 5.74) is 2.40. The summed E-state index contributed by atoms with van der Waals surface area (Å²) in [5.74, 6) is -4.43. The third-order valence-corrected chi connectivity index (χ3v) is 8.77. The van der Waals surface area contributed by atoms with Gasteiger partial charge in [0.1, 0.15) is 24.8 Å². The van der Waals surface area contributed by atoms with Crippen molar-refractivity contribution in [1.82, 2.24) is 0 Å². The zero-order chi connectivity index (χ0) is 37.7. The van der Waals surface area contributed by atoms with Crippen molar-refractivity contribution >= 4 is 30.5 Å². The molecule has 4 rings (SSSR count). The number of aldehydes is 2. The number of hydrogen-bond acceptors (Lipinski definition) is 14. The molecule has 14 heteroatoms. The van der Waals surface area contributed by atoms with Crippen LogP contribution in [0.4, 0.5) is 0 Å². The Bertz CT molecular complexity index is 1610. The van der Waals surface area contributed by atoms with E-state index in [1.807, 2.05) is 6.92 Å². The number of phenols is 4. The first-order valence-electron chi connectivity index (χ1n) is 16.3. The molecule has 2 aliphatic heterocycles. The van der Waals surface area contributed by atoms with Crippen LogP contribution < -0.4 is 0 Å². The molecule has 14 nitrogen and oxygen atoms in total. The maximum Gasteiger partial charge on any atom is 0.337 e. The molecule has 0 saturated heterocycles. The predicted octanol–water partition coefficient (Wildman–Crippen LogP) is 3.81.